The van der Waals surface area contributed by atoms with Gasteiger partial charge < -0.3 is 26.6 Å². The number of esters is 1. The molecule has 0 spiro atoms. The largest absolute Gasteiger partial charge is 0.480 e. The Morgan fingerprint density at radius 3 is 2.24 bits per heavy atom. The number of nitrogens with two attached hydrogens (primary N) is 2. The first kappa shape index (κ1) is 29.2. The maximum Gasteiger partial charge on any atom is 0.343 e. The van der Waals surface area contributed by atoms with Crippen LogP contribution in [0.25, 0.3) is 0 Å². The Balaban J connectivity index is 0.00000481. The van der Waals surface area contributed by atoms with Crippen molar-refractivity contribution < 1.29 is 24.2 Å². The zero-order chi connectivity index (χ0) is 26.2. The molecule has 0 aliphatic heterocycles. The van der Waals surface area contributed by atoms with E-state index in [1.165, 1.54) is 24.3 Å². The van der Waals surface area contributed by atoms with Crippen molar-refractivity contribution in [3.63, 3.8) is 0 Å². The van der Waals surface area contributed by atoms with Gasteiger partial charge in [0, 0.05) is 11.4 Å². The maximum absolute atomic E-state index is 12.5. The number of carbonyl (C=O) groups excluding carboxylic acids is 2. The van der Waals surface area contributed by atoms with Gasteiger partial charge in [-0.05, 0) is 54.4 Å². The molecule has 3 rings (SSSR count). The predicted molar refractivity (Wildman–Crippen MR) is 144 cm³/mol. The number of carboxylic acid groups (broad SMARTS) is 1. The van der Waals surface area contributed by atoms with E-state index in [0.717, 1.165) is 11.1 Å². The van der Waals surface area contributed by atoms with Crippen molar-refractivity contribution in [1.82, 2.24) is 5.32 Å². The lowest BCUT2D eigenvalue weighted by atomic mass is 10.0. The Morgan fingerprint density at radius 2 is 1.68 bits per heavy atom. The van der Waals surface area contributed by atoms with E-state index in [4.69, 9.17) is 27.8 Å². The SMILES string of the molecule is Cc1ccc(C[C@H](NC(=O)Cc2ccc(OC(=O)c3ccc(N=C(N)N)cc3)cc2Cl)C(=O)O)cc1.Cl. The summed E-state index contributed by atoms with van der Waals surface area (Å²) >= 11 is 6.29. The molecule has 3 aromatic rings. The standard InChI is InChI=1S/C26H25ClN4O5.ClH/c1-15-2-4-16(5-3-15)12-22(24(33)34)31-23(32)13-18-8-11-20(14-21(18)27)36-25(35)17-6-9-19(10-7-17)30-26(28)29;/h2-11,14,22H,12-13H2,1H3,(H,31,32)(H,33,34)(H4,28,29,30);1H/t22-;/m0./s1. The van der Waals surface area contributed by atoms with Crippen LogP contribution >= 0.6 is 24.0 Å². The van der Waals surface area contributed by atoms with Crippen LogP contribution < -0.4 is 21.5 Å². The van der Waals surface area contributed by atoms with Crippen LogP contribution in [0.2, 0.25) is 5.02 Å². The highest BCUT2D eigenvalue weighted by atomic mass is 35.5. The number of amides is 1. The van der Waals surface area contributed by atoms with Crippen LogP contribution in [0.4, 0.5) is 5.69 Å². The monoisotopic (exact) mass is 544 g/mol. The fourth-order valence-electron chi connectivity index (χ4n) is 3.30. The molecule has 11 heteroatoms. The number of rotatable bonds is 9. The molecule has 1 amide bonds. The van der Waals surface area contributed by atoms with Gasteiger partial charge in [-0.1, -0.05) is 47.5 Å². The van der Waals surface area contributed by atoms with E-state index >= 15 is 0 Å². The number of carbonyl (C=O) groups is 3. The molecule has 194 valence electrons. The number of aliphatic carboxylic acids is 1. The summed E-state index contributed by atoms with van der Waals surface area (Å²) in [6, 6.07) is 16.9. The number of hydrogen-bond acceptors (Lipinski definition) is 5. The maximum atomic E-state index is 12.5. The summed E-state index contributed by atoms with van der Waals surface area (Å²) in [5, 5.41) is 12.3. The predicted octanol–water partition coefficient (Wildman–Crippen LogP) is 3.55. The number of nitrogens with one attached hydrogen (secondary N) is 1. The zero-order valence-electron chi connectivity index (χ0n) is 19.8. The molecule has 1 atom stereocenters. The van der Waals surface area contributed by atoms with Crippen LogP contribution in [0.1, 0.15) is 27.0 Å². The molecule has 0 heterocycles. The Labute approximate surface area is 224 Å². The fourth-order valence-corrected chi connectivity index (χ4v) is 3.54. The van der Waals surface area contributed by atoms with Crippen LogP contribution in [-0.2, 0) is 22.4 Å². The van der Waals surface area contributed by atoms with Crippen LogP contribution in [0.5, 0.6) is 5.75 Å². The first-order chi connectivity index (χ1) is 17.1. The number of ether oxygens (including phenoxy) is 1. The minimum atomic E-state index is -1.14. The Bertz CT molecular complexity index is 1290. The van der Waals surface area contributed by atoms with Crippen LogP contribution in [0, 0.1) is 6.92 Å². The molecular weight excluding hydrogens is 519 g/mol. The third-order valence-corrected chi connectivity index (χ3v) is 5.49. The number of halogens is 2. The number of benzene rings is 3. The van der Waals surface area contributed by atoms with Crippen LogP contribution in [0.3, 0.4) is 0 Å². The van der Waals surface area contributed by atoms with Gasteiger partial charge in [-0.25, -0.2) is 14.6 Å². The molecule has 0 fully saturated rings. The number of guanidine groups is 1. The van der Waals surface area contributed by atoms with Gasteiger partial charge in [-0.15, -0.1) is 12.4 Å². The van der Waals surface area contributed by atoms with E-state index in [2.05, 4.69) is 10.3 Å². The van der Waals surface area contributed by atoms with Gasteiger partial charge in [0.2, 0.25) is 5.91 Å². The lowest BCUT2D eigenvalue weighted by Crippen LogP contribution is -2.43. The van der Waals surface area contributed by atoms with Gasteiger partial charge in [0.1, 0.15) is 11.8 Å². The molecule has 0 aliphatic rings. The van der Waals surface area contributed by atoms with E-state index in [-0.39, 0.29) is 47.5 Å². The molecule has 0 unspecified atom stereocenters. The van der Waals surface area contributed by atoms with Gasteiger partial charge in [0.25, 0.3) is 0 Å². The highest BCUT2D eigenvalue weighted by molar-refractivity contribution is 6.31. The molecule has 0 saturated carbocycles. The first-order valence-electron chi connectivity index (χ1n) is 10.9. The molecule has 0 aliphatic carbocycles. The third-order valence-electron chi connectivity index (χ3n) is 5.14. The lowest BCUT2D eigenvalue weighted by Gasteiger charge is -2.15. The molecule has 37 heavy (non-hydrogen) atoms. The number of aliphatic imine (C=N–C) groups is 1. The summed E-state index contributed by atoms with van der Waals surface area (Å²) in [6.45, 7) is 1.93. The van der Waals surface area contributed by atoms with Crippen LogP contribution in [-0.4, -0.2) is 35.0 Å². The van der Waals surface area contributed by atoms with E-state index in [1.54, 1.807) is 18.2 Å². The minimum absolute atomic E-state index is 0. The number of carboxylic acids is 1. The van der Waals surface area contributed by atoms with Crippen molar-refractivity contribution in [2.75, 3.05) is 0 Å². The quantitative estimate of drug-likeness (QED) is 0.139. The van der Waals surface area contributed by atoms with Gasteiger partial charge in [0.05, 0.1) is 17.7 Å². The number of aryl methyl sites for hydroxylation is 1. The summed E-state index contributed by atoms with van der Waals surface area (Å²) in [7, 11) is 0. The second kappa shape index (κ2) is 13.3. The summed E-state index contributed by atoms with van der Waals surface area (Å²) in [4.78, 5) is 40.5. The third kappa shape index (κ3) is 8.82. The first-order valence-corrected chi connectivity index (χ1v) is 11.3. The summed E-state index contributed by atoms with van der Waals surface area (Å²) in [5.74, 6) is -2.16. The summed E-state index contributed by atoms with van der Waals surface area (Å²) in [6.07, 6.45) is 0.00784. The van der Waals surface area contributed by atoms with Gasteiger partial charge in [-0.3, -0.25) is 4.79 Å². The Morgan fingerprint density at radius 1 is 1.03 bits per heavy atom. The minimum Gasteiger partial charge on any atom is -0.480 e. The normalized spacial score (nSPS) is 11.0. The second-order valence-corrected chi connectivity index (χ2v) is 8.46. The molecule has 3 aromatic carbocycles. The van der Waals surface area contributed by atoms with Gasteiger partial charge >= 0.3 is 11.9 Å². The van der Waals surface area contributed by atoms with E-state index in [0.29, 0.717) is 11.3 Å². The van der Waals surface area contributed by atoms with Gasteiger partial charge in [-0.2, -0.15) is 0 Å². The van der Waals surface area contributed by atoms with E-state index < -0.39 is 23.9 Å². The van der Waals surface area contributed by atoms with Crippen molar-refractivity contribution in [2.45, 2.75) is 25.8 Å². The van der Waals surface area contributed by atoms with Crippen molar-refractivity contribution in [1.29, 1.82) is 0 Å². The average Bonchev–Trinajstić information content (AvgIpc) is 2.81. The topological polar surface area (TPSA) is 157 Å². The van der Waals surface area contributed by atoms with Crippen LogP contribution in [0.15, 0.2) is 71.7 Å². The van der Waals surface area contributed by atoms with Crippen molar-refractivity contribution in [2.24, 2.45) is 16.5 Å². The van der Waals surface area contributed by atoms with Crippen molar-refractivity contribution >= 4 is 53.5 Å². The van der Waals surface area contributed by atoms with Crippen molar-refractivity contribution in [3.05, 3.63) is 94.0 Å². The summed E-state index contributed by atoms with van der Waals surface area (Å²) < 4.78 is 5.35. The molecule has 0 radical (unpaired) electrons. The van der Waals surface area contributed by atoms with Crippen molar-refractivity contribution in [3.8, 4) is 5.75 Å². The van der Waals surface area contributed by atoms with E-state index in [1.807, 2.05) is 31.2 Å². The lowest BCUT2D eigenvalue weighted by molar-refractivity contribution is -0.141. The molecule has 9 nitrogen and oxygen atoms in total. The number of nitrogens with zero attached hydrogens (tertiary/aromatic N) is 1. The van der Waals surface area contributed by atoms with Gasteiger partial charge in [0.15, 0.2) is 5.96 Å². The molecule has 6 N–H and O–H groups in total. The molecule has 0 aromatic heterocycles. The Hall–Kier alpha value is -4.08. The zero-order valence-corrected chi connectivity index (χ0v) is 21.4. The second-order valence-electron chi connectivity index (χ2n) is 8.05. The Kier molecular flexibility index (Phi) is 10.5. The number of hydrogen-bond donors (Lipinski definition) is 4. The summed E-state index contributed by atoms with van der Waals surface area (Å²) in [5.41, 5.74) is 13.7. The highest BCUT2D eigenvalue weighted by Crippen LogP contribution is 2.24. The average molecular weight is 545 g/mol. The fraction of sp³-hybridized carbons (Fsp3) is 0.154. The molecule has 0 bridgehead atoms. The molecular formula is C26H26Cl2N4O5. The van der Waals surface area contributed by atoms with E-state index in [9.17, 15) is 19.5 Å². The highest BCUT2D eigenvalue weighted by Gasteiger charge is 2.21. The molecule has 0 saturated heterocycles. The smallest absolute Gasteiger partial charge is 0.343 e.